The highest BCUT2D eigenvalue weighted by Crippen LogP contribution is 2.26. The third kappa shape index (κ3) is 3.55. The summed E-state index contributed by atoms with van der Waals surface area (Å²) in [5.41, 5.74) is 8.07. The molecule has 0 atom stereocenters. The van der Waals surface area contributed by atoms with E-state index in [1.54, 1.807) is 18.2 Å². The molecule has 0 radical (unpaired) electrons. The van der Waals surface area contributed by atoms with Gasteiger partial charge in [-0.25, -0.2) is 0 Å². The van der Waals surface area contributed by atoms with E-state index in [9.17, 15) is 0 Å². The molecule has 1 aromatic carbocycles. The van der Waals surface area contributed by atoms with Crippen LogP contribution in [0, 0.1) is 5.41 Å². The van der Waals surface area contributed by atoms with Crippen molar-refractivity contribution in [3.63, 3.8) is 0 Å². The number of benzene rings is 1. The average Bonchev–Trinajstić information content (AvgIpc) is 2.88. The maximum Gasteiger partial charge on any atom is 0.138 e. The van der Waals surface area contributed by atoms with Gasteiger partial charge in [0.15, 0.2) is 0 Å². The van der Waals surface area contributed by atoms with Gasteiger partial charge in [0.25, 0.3) is 0 Å². The van der Waals surface area contributed by atoms with Crippen LogP contribution in [0.1, 0.15) is 30.8 Å². The molecular formula is C15H19ClN4O. The smallest absolute Gasteiger partial charge is 0.138 e. The summed E-state index contributed by atoms with van der Waals surface area (Å²) in [6, 6.07) is 7.12. The molecule has 5 nitrogen and oxygen atoms in total. The van der Waals surface area contributed by atoms with E-state index in [1.165, 1.54) is 0 Å². The maximum atomic E-state index is 7.38. The molecule has 0 unspecified atom stereocenters. The Bertz CT molecular complexity index is 651. The molecule has 1 heterocycles. The van der Waals surface area contributed by atoms with E-state index >= 15 is 0 Å². The van der Waals surface area contributed by atoms with Crippen molar-refractivity contribution in [3.05, 3.63) is 46.2 Å². The number of rotatable bonds is 6. The van der Waals surface area contributed by atoms with E-state index in [4.69, 9.17) is 27.5 Å². The van der Waals surface area contributed by atoms with E-state index in [1.807, 2.05) is 17.7 Å². The van der Waals surface area contributed by atoms with Gasteiger partial charge in [-0.3, -0.25) is 10.1 Å². The molecule has 0 aliphatic rings. The molecular weight excluding hydrogens is 288 g/mol. The number of aryl methyl sites for hydroxylation is 2. The highest BCUT2D eigenvalue weighted by atomic mass is 35.5. The van der Waals surface area contributed by atoms with Gasteiger partial charge >= 0.3 is 0 Å². The number of nitrogens with two attached hydrogens (primary N) is 1. The first kappa shape index (κ1) is 15.4. The van der Waals surface area contributed by atoms with Gasteiger partial charge in [0.1, 0.15) is 18.2 Å². The molecule has 3 N–H and O–H groups in total. The molecule has 0 saturated carbocycles. The van der Waals surface area contributed by atoms with Crippen LogP contribution in [-0.2, 0) is 19.6 Å². The molecule has 0 amide bonds. The molecule has 21 heavy (non-hydrogen) atoms. The average molecular weight is 307 g/mol. The molecule has 0 fully saturated rings. The Balaban J connectivity index is 2.13. The second-order valence-electron chi connectivity index (χ2n) is 4.64. The molecule has 1 aromatic heterocycles. The van der Waals surface area contributed by atoms with Crippen LogP contribution in [-0.4, -0.2) is 15.6 Å². The number of hydrogen-bond acceptors (Lipinski definition) is 3. The summed E-state index contributed by atoms with van der Waals surface area (Å²) in [5, 5.41) is 12.3. The first-order chi connectivity index (χ1) is 10.0. The number of nitrogens with one attached hydrogen (secondary N) is 1. The monoisotopic (exact) mass is 306 g/mol. The number of ether oxygens (including phenoxy) is 1. The largest absolute Gasteiger partial charge is 0.486 e. The Morgan fingerprint density at radius 2 is 2.14 bits per heavy atom. The van der Waals surface area contributed by atoms with Crippen LogP contribution in [0.15, 0.2) is 24.3 Å². The maximum absolute atomic E-state index is 7.38. The molecule has 2 aromatic rings. The SMILES string of the molecule is CCc1cc(COc2ccc(C(=N)N)cc2Cl)n(CC)n1. The van der Waals surface area contributed by atoms with Crippen LogP contribution < -0.4 is 10.5 Å². The van der Waals surface area contributed by atoms with Crippen LogP contribution in [0.25, 0.3) is 0 Å². The van der Waals surface area contributed by atoms with Gasteiger partial charge in [-0.1, -0.05) is 18.5 Å². The van der Waals surface area contributed by atoms with Crippen molar-refractivity contribution >= 4 is 17.4 Å². The number of amidine groups is 1. The Kier molecular flexibility index (Phi) is 4.85. The van der Waals surface area contributed by atoms with Crippen molar-refractivity contribution in [3.8, 4) is 5.75 Å². The second-order valence-corrected chi connectivity index (χ2v) is 5.05. The number of hydrogen-bond donors (Lipinski definition) is 2. The molecule has 0 bridgehead atoms. The summed E-state index contributed by atoms with van der Waals surface area (Å²) in [6.07, 6.45) is 0.897. The highest BCUT2D eigenvalue weighted by Gasteiger charge is 2.09. The summed E-state index contributed by atoms with van der Waals surface area (Å²) in [7, 11) is 0. The molecule has 6 heteroatoms. The summed E-state index contributed by atoms with van der Waals surface area (Å²) in [5.74, 6) is 0.559. The van der Waals surface area contributed by atoms with Crippen molar-refractivity contribution in [2.75, 3.05) is 0 Å². The Labute approximate surface area is 129 Å². The Morgan fingerprint density at radius 1 is 1.38 bits per heavy atom. The van der Waals surface area contributed by atoms with Crippen molar-refractivity contribution in [1.29, 1.82) is 5.41 Å². The topological polar surface area (TPSA) is 76.9 Å². The van der Waals surface area contributed by atoms with Gasteiger partial charge in [-0.15, -0.1) is 0 Å². The first-order valence-electron chi connectivity index (χ1n) is 6.87. The van der Waals surface area contributed by atoms with E-state index in [-0.39, 0.29) is 5.84 Å². The zero-order valence-electron chi connectivity index (χ0n) is 12.2. The normalized spacial score (nSPS) is 10.6. The summed E-state index contributed by atoms with van der Waals surface area (Å²) in [4.78, 5) is 0. The molecule has 112 valence electrons. The lowest BCUT2D eigenvalue weighted by Gasteiger charge is -2.10. The summed E-state index contributed by atoms with van der Waals surface area (Å²) in [6.45, 7) is 5.32. The van der Waals surface area contributed by atoms with Crippen molar-refractivity contribution in [2.45, 2.75) is 33.4 Å². The van der Waals surface area contributed by atoms with E-state index < -0.39 is 0 Å². The lowest BCUT2D eigenvalue weighted by Crippen LogP contribution is -2.11. The molecule has 0 aliphatic carbocycles. The fourth-order valence-corrected chi connectivity index (χ4v) is 2.25. The molecule has 0 spiro atoms. The fourth-order valence-electron chi connectivity index (χ4n) is 2.01. The van der Waals surface area contributed by atoms with E-state index in [0.29, 0.717) is 22.9 Å². The minimum Gasteiger partial charge on any atom is -0.486 e. The van der Waals surface area contributed by atoms with Gasteiger partial charge in [0.05, 0.1) is 16.4 Å². The predicted molar refractivity (Wildman–Crippen MR) is 84.1 cm³/mol. The van der Waals surface area contributed by atoms with Gasteiger partial charge in [-0.05, 0) is 37.6 Å². The van der Waals surface area contributed by atoms with Crippen LogP contribution in [0.4, 0.5) is 0 Å². The second kappa shape index (κ2) is 6.63. The van der Waals surface area contributed by atoms with Crippen LogP contribution in [0.3, 0.4) is 0 Å². The van der Waals surface area contributed by atoms with Crippen molar-refractivity contribution in [2.24, 2.45) is 5.73 Å². The van der Waals surface area contributed by atoms with Gasteiger partial charge in [-0.2, -0.15) is 5.10 Å². The van der Waals surface area contributed by atoms with Gasteiger partial charge in [0, 0.05) is 12.1 Å². The molecule has 2 rings (SSSR count). The van der Waals surface area contributed by atoms with Gasteiger partial charge in [0.2, 0.25) is 0 Å². The summed E-state index contributed by atoms with van der Waals surface area (Å²) >= 11 is 6.15. The highest BCUT2D eigenvalue weighted by molar-refractivity contribution is 6.32. The minimum atomic E-state index is -0.0138. The predicted octanol–water partition coefficient (Wildman–Crippen LogP) is 2.98. The number of halogens is 1. The Hall–Kier alpha value is -2.01. The van der Waals surface area contributed by atoms with Crippen LogP contribution in [0.5, 0.6) is 5.75 Å². The molecule has 0 aliphatic heterocycles. The van der Waals surface area contributed by atoms with Crippen LogP contribution >= 0.6 is 11.6 Å². The zero-order valence-corrected chi connectivity index (χ0v) is 12.9. The molecule has 0 saturated heterocycles. The fraction of sp³-hybridized carbons (Fsp3) is 0.333. The zero-order chi connectivity index (χ0) is 15.4. The van der Waals surface area contributed by atoms with Crippen LogP contribution in [0.2, 0.25) is 5.02 Å². The number of nitrogens with zero attached hydrogens (tertiary/aromatic N) is 2. The quantitative estimate of drug-likeness (QED) is 0.636. The van der Waals surface area contributed by atoms with Crippen molar-refractivity contribution < 1.29 is 4.74 Å². The third-order valence-electron chi connectivity index (χ3n) is 3.19. The van der Waals surface area contributed by atoms with Crippen molar-refractivity contribution in [1.82, 2.24) is 9.78 Å². The minimum absolute atomic E-state index is 0.0138. The lowest BCUT2D eigenvalue weighted by atomic mass is 10.2. The number of nitrogen functional groups attached to an aromatic ring is 1. The standard InChI is InChI=1S/C15H19ClN4O/c1-3-11-8-12(20(4-2)19-11)9-21-14-6-5-10(15(17)18)7-13(14)16/h5-8H,3-4,9H2,1-2H3,(H3,17,18). The number of aromatic nitrogens is 2. The third-order valence-corrected chi connectivity index (χ3v) is 3.49. The Morgan fingerprint density at radius 3 is 2.71 bits per heavy atom. The van der Waals surface area contributed by atoms with E-state index in [2.05, 4.69) is 12.0 Å². The lowest BCUT2D eigenvalue weighted by molar-refractivity contribution is 0.292. The van der Waals surface area contributed by atoms with E-state index in [0.717, 1.165) is 24.4 Å². The van der Waals surface area contributed by atoms with Gasteiger partial charge < -0.3 is 10.5 Å². The first-order valence-corrected chi connectivity index (χ1v) is 7.25. The summed E-state index contributed by atoms with van der Waals surface area (Å²) < 4.78 is 7.68.